The maximum atomic E-state index is 5.84. The van der Waals surface area contributed by atoms with Crippen molar-refractivity contribution in [3.8, 4) is 11.5 Å². The lowest BCUT2D eigenvalue weighted by Crippen LogP contribution is -1.89. The lowest BCUT2D eigenvalue weighted by molar-refractivity contribution is 0.355. The SMILES string of the molecule is CNc1ccc(/C=C/c2cc3cc(OC)c(OC)cc3o2)cc1. The zero-order valence-corrected chi connectivity index (χ0v) is 13.4. The van der Waals surface area contributed by atoms with Crippen molar-refractivity contribution in [2.24, 2.45) is 0 Å². The molecule has 0 fully saturated rings. The summed E-state index contributed by atoms with van der Waals surface area (Å²) in [5, 5.41) is 4.08. The van der Waals surface area contributed by atoms with Crippen LogP contribution in [0.25, 0.3) is 23.1 Å². The normalized spacial score (nSPS) is 11.1. The largest absolute Gasteiger partial charge is 0.493 e. The molecular weight excluding hydrogens is 290 g/mol. The Hall–Kier alpha value is -2.88. The number of methoxy groups -OCH3 is 2. The predicted octanol–water partition coefficient (Wildman–Crippen LogP) is 4.66. The van der Waals surface area contributed by atoms with Crippen molar-refractivity contribution in [1.82, 2.24) is 0 Å². The molecule has 0 aliphatic heterocycles. The minimum absolute atomic E-state index is 0.660. The average molecular weight is 309 g/mol. The van der Waals surface area contributed by atoms with Crippen LogP contribution < -0.4 is 14.8 Å². The van der Waals surface area contributed by atoms with Gasteiger partial charge in [0.15, 0.2) is 11.5 Å². The molecule has 0 atom stereocenters. The quantitative estimate of drug-likeness (QED) is 0.744. The average Bonchev–Trinajstić information content (AvgIpc) is 3.00. The molecule has 4 heteroatoms. The van der Waals surface area contributed by atoms with E-state index in [4.69, 9.17) is 13.9 Å². The summed E-state index contributed by atoms with van der Waals surface area (Å²) < 4.78 is 16.5. The molecule has 0 spiro atoms. The first kappa shape index (κ1) is 15.0. The second kappa shape index (κ2) is 6.48. The summed E-state index contributed by atoms with van der Waals surface area (Å²) in [4.78, 5) is 0. The molecule has 3 rings (SSSR count). The van der Waals surface area contributed by atoms with Crippen molar-refractivity contribution in [3.05, 3.63) is 53.8 Å². The molecule has 0 saturated carbocycles. The van der Waals surface area contributed by atoms with Gasteiger partial charge in [0.1, 0.15) is 11.3 Å². The van der Waals surface area contributed by atoms with Crippen LogP contribution in [0.15, 0.2) is 46.9 Å². The van der Waals surface area contributed by atoms with E-state index in [2.05, 4.69) is 17.4 Å². The molecule has 118 valence electrons. The Morgan fingerprint density at radius 3 is 2.26 bits per heavy atom. The van der Waals surface area contributed by atoms with E-state index in [1.165, 1.54) is 0 Å². The summed E-state index contributed by atoms with van der Waals surface area (Å²) in [7, 11) is 5.14. The van der Waals surface area contributed by atoms with Crippen molar-refractivity contribution in [2.75, 3.05) is 26.6 Å². The fourth-order valence-electron chi connectivity index (χ4n) is 2.41. The predicted molar refractivity (Wildman–Crippen MR) is 94.2 cm³/mol. The maximum Gasteiger partial charge on any atom is 0.164 e. The first-order valence-electron chi connectivity index (χ1n) is 7.35. The minimum atomic E-state index is 0.660. The second-order valence-electron chi connectivity index (χ2n) is 5.10. The van der Waals surface area contributed by atoms with Gasteiger partial charge in [-0.1, -0.05) is 18.2 Å². The van der Waals surface area contributed by atoms with E-state index in [1.54, 1.807) is 14.2 Å². The summed E-state index contributed by atoms with van der Waals surface area (Å²) in [6.45, 7) is 0. The highest BCUT2D eigenvalue weighted by atomic mass is 16.5. The van der Waals surface area contributed by atoms with Crippen molar-refractivity contribution < 1.29 is 13.9 Å². The Labute approximate surface area is 135 Å². The minimum Gasteiger partial charge on any atom is -0.493 e. The van der Waals surface area contributed by atoms with Crippen LogP contribution in [0.4, 0.5) is 5.69 Å². The van der Waals surface area contributed by atoms with Crippen molar-refractivity contribution in [2.45, 2.75) is 0 Å². The summed E-state index contributed by atoms with van der Waals surface area (Å²) in [5.41, 5.74) is 2.97. The molecule has 4 nitrogen and oxygen atoms in total. The topological polar surface area (TPSA) is 43.6 Å². The number of benzene rings is 2. The number of anilines is 1. The van der Waals surface area contributed by atoms with Gasteiger partial charge in [-0.2, -0.15) is 0 Å². The molecule has 0 amide bonds. The zero-order chi connectivity index (χ0) is 16.2. The highest BCUT2D eigenvalue weighted by molar-refractivity contribution is 5.85. The molecule has 1 heterocycles. The van der Waals surface area contributed by atoms with E-state index in [0.717, 1.165) is 28.0 Å². The lowest BCUT2D eigenvalue weighted by Gasteiger charge is -2.06. The second-order valence-corrected chi connectivity index (χ2v) is 5.10. The number of ether oxygens (including phenoxy) is 2. The molecule has 1 aromatic heterocycles. The van der Waals surface area contributed by atoms with E-state index in [1.807, 2.05) is 49.5 Å². The van der Waals surface area contributed by atoms with Crippen molar-refractivity contribution in [3.63, 3.8) is 0 Å². The van der Waals surface area contributed by atoms with Crippen molar-refractivity contribution >= 4 is 28.8 Å². The third-order valence-corrected chi connectivity index (χ3v) is 3.68. The molecule has 0 unspecified atom stereocenters. The van der Waals surface area contributed by atoms with E-state index >= 15 is 0 Å². The molecule has 0 aliphatic rings. The number of nitrogens with one attached hydrogen (secondary N) is 1. The standard InChI is InChI=1S/C19H19NO3/c1-20-15-7-4-13(5-8-15)6-9-16-10-14-11-18(21-2)19(22-3)12-17(14)23-16/h4-12,20H,1-3H3/b9-6+. The Kier molecular flexibility index (Phi) is 4.24. The van der Waals surface area contributed by atoms with E-state index < -0.39 is 0 Å². The van der Waals surface area contributed by atoms with Crippen LogP contribution >= 0.6 is 0 Å². The number of fused-ring (bicyclic) bond motifs is 1. The smallest absolute Gasteiger partial charge is 0.164 e. The molecule has 0 bridgehead atoms. The Morgan fingerprint density at radius 2 is 1.61 bits per heavy atom. The molecule has 1 N–H and O–H groups in total. The van der Waals surface area contributed by atoms with Crippen LogP contribution in [0, 0.1) is 0 Å². The first-order chi connectivity index (χ1) is 11.2. The number of hydrogen-bond donors (Lipinski definition) is 1. The first-order valence-corrected chi connectivity index (χ1v) is 7.35. The van der Waals surface area contributed by atoms with Gasteiger partial charge in [-0.15, -0.1) is 0 Å². The van der Waals surface area contributed by atoms with Gasteiger partial charge in [0.05, 0.1) is 14.2 Å². The molecule has 0 saturated heterocycles. The van der Waals surface area contributed by atoms with E-state index in [0.29, 0.717) is 11.5 Å². The van der Waals surface area contributed by atoms with Gasteiger partial charge in [-0.25, -0.2) is 0 Å². The highest BCUT2D eigenvalue weighted by Gasteiger charge is 2.09. The van der Waals surface area contributed by atoms with Crippen molar-refractivity contribution in [1.29, 1.82) is 0 Å². The Balaban J connectivity index is 1.89. The van der Waals surface area contributed by atoms with Gasteiger partial charge in [0.25, 0.3) is 0 Å². The molecule has 3 aromatic rings. The van der Waals surface area contributed by atoms with Gasteiger partial charge in [-0.3, -0.25) is 0 Å². The third-order valence-electron chi connectivity index (χ3n) is 3.68. The monoisotopic (exact) mass is 309 g/mol. The summed E-state index contributed by atoms with van der Waals surface area (Å²) >= 11 is 0. The van der Waals surface area contributed by atoms with Crippen LogP contribution in [0.2, 0.25) is 0 Å². The van der Waals surface area contributed by atoms with Gasteiger partial charge in [0, 0.05) is 24.2 Å². The van der Waals surface area contributed by atoms with Crippen LogP contribution in [0.1, 0.15) is 11.3 Å². The maximum absolute atomic E-state index is 5.84. The molecule has 0 aliphatic carbocycles. The van der Waals surface area contributed by atoms with Crippen LogP contribution in [0.5, 0.6) is 11.5 Å². The third kappa shape index (κ3) is 3.16. The molecule has 0 radical (unpaired) electrons. The van der Waals surface area contributed by atoms with Gasteiger partial charge in [-0.05, 0) is 35.9 Å². The fraction of sp³-hybridized carbons (Fsp3) is 0.158. The molecule has 2 aromatic carbocycles. The summed E-state index contributed by atoms with van der Waals surface area (Å²) in [5.74, 6) is 2.14. The Morgan fingerprint density at radius 1 is 0.913 bits per heavy atom. The van der Waals surface area contributed by atoms with E-state index in [9.17, 15) is 0 Å². The number of furan rings is 1. The van der Waals surface area contributed by atoms with Gasteiger partial charge in [0.2, 0.25) is 0 Å². The van der Waals surface area contributed by atoms with Crippen LogP contribution in [-0.4, -0.2) is 21.3 Å². The number of rotatable bonds is 5. The van der Waals surface area contributed by atoms with Gasteiger partial charge < -0.3 is 19.2 Å². The lowest BCUT2D eigenvalue weighted by atomic mass is 10.2. The highest BCUT2D eigenvalue weighted by Crippen LogP contribution is 2.34. The fourth-order valence-corrected chi connectivity index (χ4v) is 2.41. The molecular formula is C19H19NO3. The number of hydrogen-bond acceptors (Lipinski definition) is 4. The van der Waals surface area contributed by atoms with Crippen LogP contribution in [0.3, 0.4) is 0 Å². The molecule has 23 heavy (non-hydrogen) atoms. The summed E-state index contributed by atoms with van der Waals surface area (Å²) in [6.07, 6.45) is 3.97. The zero-order valence-electron chi connectivity index (χ0n) is 13.4. The van der Waals surface area contributed by atoms with Crippen LogP contribution in [-0.2, 0) is 0 Å². The summed E-state index contributed by atoms with van der Waals surface area (Å²) in [6, 6.07) is 13.9. The van der Waals surface area contributed by atoms with E-state index in [-0.39, 0.29) is 0 Å². The van der Waals surface area contributed by atoms with Gasteiger partial charge >= 0.3 is 0 Å². The Bertz CT molecular complexity index is 791.